The van der Waals surface area contributed by atoms with Gasteiger partial charge in [-0.3, -0.25) is 0 Å². The van der Waals surface area contributed by atoms with Gasteiger partial charge < -0.3 is 4.90 Å². The van der Waals surface area contributed by atoms with Crippen molar-refractivity contribution in [3.63, 3.8) is 0 Å². The van der Waals surface area contributed by atoms with Crippen LogP contribution in [0.25, 0.3) is 66.1 Å². The van der Waals surface area contributed by atoms with Gasteiger partial charge in [-0.1, -0.05) is 170 Å². The fourth-order valence-electron chi connectivity index (χ4n) is 6.59. The van der Waals surface area contributed by atoms with Crippen LogP contribution in [0.3, 0.4) is 0 Å². The Morgan fingerprint density at radius 1 is 0.294 bits per heavy atom. The highest BCUT2D eigenvalue weighted by Gasteiger charge is 2.15. The molecule has 0 atom stereocenters. The lowest BCUT2D eigenvalue weighted by atomic mass is 9.97. The Bertz CT molecular complexity index is 3030. The molecule has 51 heavy (non-hydrogen) atoms. The summed E-state index contributed by atoms with van der Waals surface area (Å²) in [5.74, 6) is 0. The van der Waals surface area contributed by atoms with Crippen molar-refractivity contribution in [3.05, 3.63) is 212 Å². The van der Waals surface area contributed by atoms with Crippen LogP contribution in [0.4, 0.5) is 17.1 Å². The number of hydrogen-bond acceptors (Lipinski definition) is 1. The molecule has 0 heterocycles. The molecular weight excluding hydrogens is 615 g/mol. The van der Waals surface area contributed by atoms with Crippen LogP contribution < -0.4 is 4.90 Å². The summed E-state index contributed by atoms with van der Waals surface area (Å²) in [5, 5.41) is 3.88. The first kappa shape index (κ1) is 22.8. The minimum Gasteiger partial charge on any atom is -0.310 e. The third-order valence-electron chi connectivity index (χ3n) is 9.19. The van der Waals surface area contributed by atoms with E-state index < -0.39 is 0 Å². The van der Waals surface area contributed by atoms with E-state index in [2.05, 4.69) is 0 Å². The average Bonchev–Trinajstić information content (AvgIpc) is 3.27. The van der Waals surface area contributed by atoms with Crippen LogP contribution in [0.15, 0.2) is 212 Å². The molecule has 0 aliphatic rings. The van der Waals surface area contributed by atoms with Crippen LogP contribution in [0, 0.1) is 0 Å². The van der Waals surface area contributed by atoms with E-state index in [1.807, 2.05) is 133 Å². The third-order valence-corrected chi connectivity index (χ3v) is 9.19. The lowest BCUT2D eigenvalue weighted by molar-refractivity contribution is 1.28. The largest absolute Gasteiger partial charge is 0.310 e. The predicted octanol–water partition coefficient (Wildman–Crippen LogP) is 14.1. The third kappa shape index (κ3) is 6.07. The van der Waals surface area contributed by atoms with Crippen LogP contribution in [-0.2, 0) is 0 Å². The molecule has 0 aromatic heterocycles. The van der Waals surface area contributed by atoms with E-state index >= 15 is 0 Å². The van der Waals surface area contributed by atoms with Crippen LogP contribution in [-0.4, -0.2) is 0 Å². The Balaban J connectivity index is 1.27. The molecule has 0 unspecified atom stereocenters. The van der Waals surface area contributed by atoms with Gasteiger partial charge in [0.05, 0.1) is 11.0 Å². The second-order valence-corrected chi connectivity index (χ2v) is 12.4. The van der Waals surface area contributed by atoms with Crippen molar-refractivity contribution in [2.75, 3.05) is 4.90 Å². The first-order chi connectivity index (χ1) is 28.6. The Hall–Kier alpha value is -6.70. The van der Waals surface area contributed by atoms with E-state index in [9.17, 15) is 11.0 Å². The summed E-state index contributed by atoms with van der Waals surface area (Å²) in [4.78, 5) is 1.36. The Labute approximate surface area is 310 Å². The van der Waals surface area contributed by atoms with Crippen molar-refractivity contribution in [2.45, 2.75) is 0 Å². The standard InChI is InChI=1S/C50H35N/c1-2-10-36(11-3-1)38-20-22-39(23-21-38)40-26-30-46(31-27-40)51(47-32-28-41(29-33-47)44-25-24-37-12-4-5-14-43(37)34-44)48-17-8-16-45(35-48)50-19-9-15-42-13-6-7-18-49(42)50/h1-35H/i26D,27D,28D,29D,30D,31D,32D,33D. The molecule has 0 radical (unpaired) electrons. The van der Waals surface area contributed by atoms with Gasteiger partial charge in [-0.2, -0.15) is 0 Å². The maximum Gasteiger partial charge on any atom is 0.0645 e. The summed E-state index contributed by atoms with van der Waals surface area (Å²) in [7, 11) is 0. The Morgan fingerprint density at radius 3 is 1.53 bits per heavy atom. The molecule has 9 aromatic rings. The fourth-order valence-corrected chi connectivity index (χ4v) is 6.59. The normalized spacial score (nSPS) is 13.3. The predicted molar refractivity (Wildman–Crippen MR) is 218 cm³/mol. The molecule has 9 aromatic carbocycles. The zero-order chi connectivity index (χ0) is 40.9. The Morgan fingerprint density at radius 2 is 0.804 bits per heavy atom. The fraction of sp³-hybridized carbons (Fsp3) is 0. The molecule has 0 saturated heterocycles. The molecule has 1 heteroatoms. The van der Waals surface area contributed by atoms with Gasteiger partial charge in [-0.15, -0.1) is 0 Å². The van der Waals surface area contributed by atoms with Gasteiger partial charge in [-0.25, -0.2) is 0 Å². The number of anilines is 3. The van der Waals surface area contributed by atoms with E-state index in [0.29, 0.717) is 16.8 Å². The van der Waals surface area contributed by atoms with Crippen LogP contribution in [0.2, 0.25) is 0 Å². The Kier molecular flexibility index (Phi) is 5.96. The molecule has 0 spiro atoms. The highest BCUT2D eigenvalue weighted by molar-refractivity contribution is 5.97. The SMILES string of the molecule is [2H]c1c([2H])c(N(c2cccc(-c3cccc4ccccc34)c2)c2c([2H])c([2H])c(-c3ccc4ccccc4c3)c([2H])c2[2H])c([2H])c([2H])c1-c1ccc(-c2ccccc2)cc1. The van der Waals surface area contributed by atoms with E-state index in [1.165, 1.54) is 4.90 Å². The van der Waals surface area contributed by atoms with Crippen LogP contribution in [0.1, 0.15) is 11.0 Å². The van der Waals surface area contributed by atoms with Crippen molar-refractivity contribution in [1.82, 2.24) is 0 Å². The van der Waals surface area contributed by atoms with Gasteiger partial charge in [-0.05, 0) is 108 Å². The summed E-state index contributed by atoms with van der Waals surface area (Å²) in [6, 6.07) is 48.9. The summed E-state index contributed by atoms with van der Waals surface area (Å²) in [6.07, 6.45) is 0. The van der Waals surface area contributed by atoms with Crippen molar-refractivity contribution >= 4 is 38.6 Å². The topological polar surface area (TPSA) is 3.24 Å². The summed E-state index contributed by atoms with van der Waals surface area (Å²) < 4.78 is 75.4. The minimum absolute atomic E-state index is 0.110. The van der Waals surface area contributed by atoms with Gasteiger partial charge in [0.2, 0.25) is 0 Å². The van der Waals surface area contributed by atoms with Crippen LogP contribution >= 0.6 is 0 Å². The molecule has 9 rings (SSSR count). The first-order valence-corrected chi connectivity index (χ1v) is 16.9. The zero-order valence-corrected chi connectivity index (χ0v) is 27.5. The van der Waals surface area contributed by atoms with Crippen molar-refractivity contribution in [3.8, 4) is 44.5 Å². The molecule has 0 bridgehead atoms. The second kappa shape index (κ2) is 13.3. The van der Waals surface area contributed by atoms with E-state index in [-0.39, 0.29) is 70.8 Å². The van der Waals surface area contributed by atoms with Crippen molar-refractivity contribution < 1.29 is 11.0 Å². The summed E-state index contributed by atoms with van der Waals surface area (Å²) >= 11 is 0. The van der Waals surface area contributed by atoms with Gasteiger partial charge in [0.1, 0.15) is 0 Å². The lowest BCUT2D eigenvalue weighted by Crippen LogP contribution is -2.10. The highest BCUT2D eigenvalue weighted by Crippen LogP contribution is 2.39. The molecule has 240 valence electrons. The van der Waals surface area contributed by atoms with Gasteiger partial charge in [0.25, 0.3) is 0 Å². The van der Waals surface area contributed by atoms with Gasteiger partial charge in [0, 0.05) is 17.1 Å². The van der Waals surface area contributed by atoms with Crippen molar-refractivity contribution in [2.24, 2.45) is 0 Å². The van der Waals surface area contributed by atoms with Crippen LogP contribution in [0.5, 0.6) is 0 Å². The molecule has 0 aliphatic carbocycles. The average molecular weight is 658 g/mol. The first-order valence-electron chi connectivity index (χ1n) is 20.9. The molecule has 0 fully saturated rings. The van der Waals surface area contributed by atoms with E-state index in [0.717, 1.165) is 43.8 Å². The maximum absolute atomic E-state index is 9.51. The smallest absolute Gasteiger partial charge is 0.0645 e. The second-order valence-electron chi connectivity index (χ2n) is 12.4. The van der Waals surface area contributed by atoms with E-state index in [4.69, 9.17) is 0 Å². The number of nitrogens with zero attached hydrogens (tertiary/aromatic N) is 1. The highest BCUT2D eigenvalue weighted by atomic mass is 15.1. The molecule has 0 amide bonds. The monoisotopic (exact) mass is 657 g/mol. The summed E-state index contributed by atoms with van der Waals surface area (Å²) in [5.41, 5.74) is 4.82. The van der Waals surface area contributed by atoms with E-state index in [1.54, 1.807) is 30.3 Å². The minimum atomic E-state index is -0.390. The molecule has 1 nitrogen and oxygen atoms in total. The van der Waals surface area contributed by atoms with Crippen molar-refractivity contribution in [1.29, 1.82) is 0 Å². The van der Waals surface area contributed by atoms with Gasteiger partial charge >= 0.3 is 0 Å². The molecule has 0 saturated carbocycles. The molecule has 0 N–H and O–H groups in total. The number of fused-ring (bicyclic) bond motifs is 2. The van der Waals surface area contributed by atoms with Gasteiger partial charge in [0.15, 0.2) is 0 Å². The number of benzene rings is 9. The zero-order valence-electron chi connectivity index (χ0n) is 35.5. The number of rotatable bonds is 7. The number of hydrogen-bond donors (Lipinski definition) is 0. The summed E-state index contributed by atoms with van der Waals surface area (Å²) in [6.45, 7) is 0. The quantitative estimate of drug-likeness (QED) is 0.165. The maximum atomic E-state index is 9.51. The lowest BCUT2D eigenvalue weighted by Gasteiger charge is -2.26. The molecule has 0 aliphatic heterocycles. The molecular formula is C50H35N.